The number of fused-ring (bicyclic) bond motifs is 1. The lowest BCUT2D eigenvalue weighted by atomic mass is 10.1. The summed E-state index contributed by atoms with van der Waals surface area (Å²) in [5.74, 6) is 0.403. The molecule has 0 saturated carbocycles. The van der Waals surface area contributed by atoms with Crippen LogP contribution in [0.25, 0.3) is 10.9 Å². The Morgan fingerprint density at radius 1 is 1.36 bits per heavy atom. The number of amides is 1. The second-order valence-corrected chi connectivity index (χ2v) is 7.24. The summed E-state index contributed by atoms with van der Waals surface area (Å²) in [7, 11) is 0. The van der Waals surface area contributed by atoms with Crippen molar-refractivity contribution in [2.45, 2.75) is 17.7 Å². The summed E-state index contributed by atoms with van der Waals surface area (Å²) in [5.41, 5.74) is 2.36. The summed E-state index contributed by atoms with van der Waals surface area (Å²) < 4.78 is 0.837. The molecule has 0 saturated heterocycles. The van der Waals surface area contributed by atoms with Gasteiger partial charge >= 0.3 is 0 Å². The van der Waals surface area contributed by atoms with E-state index in [2.05, 4.69) is 32.6 Å². The zero-order valence-corrected chi connectivity index (χ0v) is 13.8. The number of aromatic amines is 1. The number of rotatable bonds is 6. The number of H-pyrrole nitrogens is 1. The maximum Gasteiger partial charge on any atom is 0.230 e. The highest BCUT2D eigenvalue weighted by Gasteiger charge is 2.07. The highest BCUT2D eigenvalue weighted by Crippen LogP contribution is 2.21. The molecule has 1 amide bonds. The number of nitrogens with one attached hydrogen (secondary N) is 2. The minimum absolute atomic E-state index is 0.0256. The monoisotopic (exact) mass is 332 g/mol. The fourth-order valence-corrected chi connectivity index (χ4v) is 3.84. The molecular weight excluding hydrogens is 316 g/mol. The van der Waals surface area contributed by atoms with Crippen molar-refractivity contribution in [3.63, 3.8) is 0 Å². The van der Waals surface area contributed by atoms with E-state index in [4.69, 9.17) is 0 Å². The van der Waals surface area contributed by atoms with Crippen LogP contribution in [-0.4, -0.2) is 33.4 Å². The largest absolute Gasteiger partial charge is 0.361 e. The van der Waals surface area contributed by atoms with Gasteiger partial charge in [-0.2, -0.15) is 0 Å². The molecule has 22 heavy (non-hydrogen) atoms. The molecule has 0 unspecified atom stereocenters. The zero-order valence-electron chi connectivity index (χ0n) is 12.1. The van der Waals surface area contributed by atoms with Crippen LogP contribution < -0.4 is 5.32 Å². The topological polar surface area (TPSA) is 70.7 Å². The second kappa shape index (κ2) is 6.93. The van der Waals surface area contributed by atoms with Gasteiger partial charge < -0.3 is 10.3 Å². The van der Waals surface area contributed by atoms with Crippen LogP contribution in [0.1, 0.15) is 10.6 Å². The van der Waals surface area contributed by atoms with Gasteiger partial charge in [-0.25, -0.2) is 0 Å². The first kappa shape index (κ1) is 15.1. The molecule has 0 aliphatic heterocycles. The van der Waals surface area contributed by atoms with Crippen LogP contribution in [0.3, 0.4) is 0 Å². The predicted octanol–water partition coefficient (Wildman–Crippen LogP) is 2.78. The summed E-state index contributed by atoms with van der Waals surface area (Å²) in [5, 5.41) is 13.0. The number of nitrogens with zero attached hydrogens (tertiary/aromatic N) is 2. The normalized spacial score (nSPS) is 11.0. The molecule has 2 N–H and O–H groups in total. The molecule has 1 aromatic carbocycles. The van der Waals surface area contributed by atoms with Crippen LogP contribution >= 0.6 is 23.1 Å². The van der Waals surface area contributed by atoms with Gasteiger partial charge in [0.15, 0.2) is 4.34 Å². The lowest BCUT2D eigenvalue weighted by Gasteiger charge is -2.03. The molecule has 0 aliphatic carbocycles. The molecule has 3 aromatic rings. The Labute approximate surface area is 136 Å². The van der Waals surface area contributed by atoms with Gasteiger partial charge in [-0.05, 0) is 25.0 Å². The van der Waals surface area contributed by atoms with Crippen molar-refractivity contribution < 1.29 is 4.79 Å². The SMILES string of the molecule is Cc1nnc(SCC(=O)NCCc2c[nH]c3ccccc23)s1. The number of aromatic nitrogens is 3. The number of carbonyl (C=O) groups excluding carboxylic acids is 1. The molecule has 2 aromatic heterocycles. The first-order chi connectivity index (χ1) is 10.7. The Morgan fingerprint density at radius 3 is 3.05 bits per heavy atom. The molecule has 0 fully saturated rings. The Bertz CT molecular complexity index is 781. The molecule has 7 heteroatoms. The van der Waals surface area contributed by atoms with Gasteiger partial charge in [0.05, 0.1) is 5.75 Å². The smallest absolute Gasteiger partial charge is 0.230 e. The summed E-state index contributed by atoms with van der Waals surface area (Å²) >= 11 is 2.94. The molecule has 0 atom stereocenters. The first-order valence-electron chi connectivity index (χ1n) is 6.97. The van der Waals surface area contributed by atoms with Gasteiger partial charge in [0.1, 0.15) is 5.01 Å². The van der Waals surface area contributed by atoms with Crippen molar-refractivity contribution in [2.75, 3.05) is 12.3 Å². The molecule has 3 rings (SSSR count). The first-order valence-corrected chi connectivity index (χ1v) is 8.77. The lowest BCUT2D eigenvalue weighted by Crippen LogP contribution is -2.27. The van der Waals surface area contributed by atoms with E-state index < -0.39 is 0 Å². The van der Waals surface area contributed by atoms with Crippen LogP contribution in [0.4, 0.5) is 0 Å². The average molecular weight is 332 g/mol. The fraction of sp³-hybridized carbons (Fsp3) is 0.267. The summed E-state index contributed by atoms with van der Waals surface area (Å²) in [6, 6.07) is 8.18. The Balaban J connectivity index is 1.45. The van der Waals surface area contributed by atoms with Crippen LogP contribution in [0.5, 0.6) is 0 Å². The number of aryl methyl sites for hydroxylation is 1. The van der Waals surface area contributed by atoms with Crippen molar-refractivity contribution in [1.82, 2.24) is 20.5 Å². The van der Waals surface area contributed by atoms with Crippen molar-refractivity contribution in [2.24, 2.45) is 0 Å². The molecule has 0 spiro atoms. The fourth-order valence-electron chi connectivity index (χ4n) is 2.19. The van der Waals surface area contributed by atoms with Gasteiger partial charge in [0, 0.05) is 23.6 Å². The maximum absolute atomic E-state index is 11.8. The van der Waals surface area contributed by atoms with Crippen molar-refractivity contribution in [3.05, 3.63) is 41.0 Å². The molecule has 5 nitrogen and oxygen atoms in total. The standard InChI is InChI=1S/C15H16N4OS2/c1-10-18-19-15(22-10)21-9-14(20)16-7-6-11-8-17-13-5-3-2-4-12(11)13/h2-5,8,17H,6-7,9H2,1H3,(H,16,20). The highest BCUT2D eigenvalue weighted by atomic mass is 32.2. The van der Waals surface area contributed by atoms with E-state index >= 15 is 0 Å². The summed E-state index contributed by atoms with van der Waals surface area (Å²) in [4.78, 5) is 15.1. The van der Waals surface area contributed by atoms with Gasteiger partial charge in [0.2, 0.25) is 5.91 Å². The highest BCUT2D eigenvalue weighted by molar-refractivity contribution is 8.01. The minimum atomic E-state index is 0.0256. The van der Waals surface area contributed by atoms with E-state index in [0.717, 1.165) is 21.3 Å². The Kier molecular flexibility index (Phi) is 4.74. The zero-order chi connectivity index (χ0) is 15.4. The third-order valence-corrected chi connectivity index (χ3v) is 5.20. The van der Waals surface area contributed by atoms with Crippen molar-refractivity contribution in [1.29, 1.82) is 0 Å². The third kappa shape index (κ3) is 3.66. The number of hydrogen-bond donors (Lipinski definition) is 2. The summed E-state index contributed by atoms with van der Waals surface area (Å²) in [6.07, 6.45) is 2.83. The van der Waals surface area contributed by atoms with Crippen LogP contribution in [-0.2, 0) is 11.2 Å². The molecule has 0 bridgehead atoms. The number of thioether (sulfide) groups is 1. The molecule has 0 aliphatic rings. The molecule has 114 valence electrons. The number of para-hydroxylation sites is 1. The van der Waals surface area contributed by atoms with Crippen molar-refractivity contribution in [3.8, 4) is 0 Å². The Hall–Kier alpha value is -1.86. The summed E-state index contributed by atoms with van der Waals surface area (Å²) in [6.45, 7) is 2.54. The number of hydrogen-bond acceptors (Lipinski definition) is 5. The number of carbonyl (C=O) groups is 1. The molecular formula is C15H16N4OS2. The predicted molar refractivity (Wildman–Crippen MR) is 90.4 cm³/mol. The van der Waals surface area contributed by atoms with E-state index in [9.17, 15) is 4.79 Å². The van der Waals surface area contributed by atoms with Gasteiger partial charge in [-0.1, -0.05) is 41.3 Å². The van der Waals surface area contributed by atoms with E-state index in [1.807, 2.05) is 25.3 Å². The van der Waals surface area contributed by atoms with E-state index in [-0.39, 0.29) is 5.91 Å². The minimum Gasteiger partial charge on any atom is -0.361 e. The van der Waals surface area contributed by atoms with Gasteiger partial charge in [-0.15, -0.1) is 10.2 Å². The van der Waals surface area contributed by atoms with E-state index in [1.165, 1.54) is 34.0 Å². The molecule has 2 heterocycles. The average Bonchev–Trinajstić information content (AvgIpc) is 3.12. The van der Waals surface area contributed by atoms with E-state index in [0.29, 0.717) is 12.3 Å². The molecule has 0 radical (unpaired) electrons. The lowest BCUT2D eigenvalue weighted by molar-refractivity contribution is -0.118. The quantitative estimate of drug-likeness (QED) is 0.681. The van der Waals surface area contributed by atoms with Crippen LogP contribution in [0, 0.1) is 6.92 Å². The third-order valence-electron chi connectivity index (χ3n) is 3.23. The maximum atomic E-state index is 11.8. The Morgan fingerprint density at radius 2 is 2.23 bits per heavy atom. The number of benzene rings is 1. The van der Waals surface area contributed by atoms with Crippen molar-refractivity contribution >= 4 is 39.9 Å². The van der Waals surface area contributed by atoms with Crippen LogP contribution in [0.15, 0.2) is 34.8 Å². The van der Waals surface area contributed by atoms with E-state index in [1.54, 1.807) is 0 Å². The van der Waals surface area contributed by atoms with Crippen LogP contribution in [0.2, 0.25) is 0 Å². The van der Waals surface area contributed by atoms with Gasteiger partial charge in [-0.3, -0.25) is 4.79 Å². The van der Waals surface area contributed by atoms with Gasteiger partial charge in [0.25, 0.3) is 0 Å². The second-order valence-electron chi connectivity index (χ2n) is 4.84.